The van der Waals surface area contributed by atoms with Crippen molar-refractivity contribution in [1.82, 2.24) is 15.3 Å². The number of carbonyl (C=O) groups excluding carboxylic acids is 1. The fraction of sp³-hybridized carbons (Fsp3) is 0.176. The standard InChI is InChI=1S/C17H16FN3O2S/c1-10-21-16(9-24-10)12-5-15(19-7-12)17(23)20-6-11-2-3-14(18)13(4-11)8-22/h2-5,7,9,19,22H,6,8H2,1H3,(H,20,23). The Labute approximate surface area is 142 Å². The predicted molar refractivity (Wildman–Crippen MR) is 90.1 cm³/mol. The van der Waals surface area contributed by atoms with Crippen LogP contribution in [0.15, 0.2) is 35.8 Å². The van der Waals surface area contributed by atoms with Gasteiger partial charge in [0.2, 0.25) is 0 Å². The molecule has 1 aromatic carbocycles. The second kappa shape index (κ2) is 6.94. The summed E-state index contributed by atoms with van der Waals surface area (Å²) >= 11 is 1.55. The predicted octanol–water partition coefficient (Wildman–Crippen LogP) is 3.01. The minimum atomic E-state index is -0.458. The number of rotatable bonds is 5. The molecule has 0 aliphatic carbocycles. The monoisotopic (exact) mass is 345 g/mol. The van der Waals surface area contributed by atoms with Crippen LogP contribution in [0.1, 0.15) is 26.6 Å². The summed E-state index contributed by atoms with van der Waals surface area (Å²) in [7, 11) is 0. The first kappa shape index (κ1) is 16.4. The summed E-state index contributed by atoms with van der Waals surface area (Å²) in [4.78, 5) is 19.5. The molecule has 0 atom stereocenters. The maximum Gasteiger partial charge on any atom is 0.267 e. The Balaban J connectivity index is 1.66. The highest BCUT2D eigenvalue weighted by Crippen LogP contribution is 2.22. The number of thiazole rings is 1. The van der Waals surface area contributed by atoms with E-state index < -0.39 is 5.82 Å². The second-order valence-electron chi connectivity index (χ2n) is 5.32. The summed E-state index contributed by atoms with van der Waals surface area (Å²) in [5.74, 6) is -0.719. The highest BCUT2D eigenvalue weighted by Gasteiger charge is 2.11. The molecule has 2 heterocycles. The molecular formula is C17H16FN3O2S. The van der Waals surface area contributed by atoms with Gasteiger partial charge in [-0.05, 0) is 30.7 Å². The zero-order valence-corrected chi connectivity index (χ0v) is 13.8. The van der Waals surface area contributed by atoms with Crippen LogP contribution >= 0.6 is 11.3 Å². The van der Waals surface area contributed by atoms with Crippen LogP contribution < -0.4 is 5.32 Å². The molecule has 0 radical (unpaired) electrons. The van der Waals surface area contributed by atoms with E-state index in [0.717, 1.165) is 21.8 Å². The summed E-state index contributed by atoms with van der Waals surface area (Å²) in [5.41, 5.74) is 3.05. The summed E-state index contributed by atoms with van der Waals surface area (Å²) in [5, 5.41) is 14.7. The van der Waals surface area contributed by atoms with Gasteiger partial charge in [-0.1, -0.05) is 6.07 Å². The molecule has 0 spiro atoms. The van der Waals surface area contributed by atoms with Crippen LogP contribution in [0, 0.1) is 12.7 Å². The summed E-state index contributed by atoms with van der Waals surface area (Å²) in [6.07, 6.45) is 1.74. The molecule has 0 unspecified atom stereocenters. The number of aromatic nitrogens is 2. The smallest absolute Gasteiger partial charge is 0.267 e. The van der Waals surface area contributed by atoms with Gasteiger partial charge in [0.05, 0.1) is 17.3 Å². The number of halogens is 1. The Kier molecular flexibility index (Phi) is 4.73. The summed E-state index contributed by atoms with van der Waals surface area (Å²) in [6, 6.07) is 6.14. The zero-order valence-electron chi connectivity index (χ0n) is 13.0. The molecule has 5 nitrogen and oxygen atoms in total. The van der Waals surface area contributed by atoms with E-state index in [-0.39, 0.29) is 24.6 Å². The van der Waals surface area contributed by atoms with Crippen molar-refractivity contribution in [2.75, 3.05) is 0 Å². The fourth-order valence-electron chi connectivity index (χ4n) is 2.31. The Bertz CT molecular complexity index is 872. The Morgan fingerprint density at radius 2 is 2.25 bits per heavy atom. The summed E-state index contributed by atoms with van der Waals surface area (Å²) < 4.78 is 13.3. The largest absolute Gasteiger partial charge is 0.392 e. The normalized spacial score (nSPS) is 10.8. The molecule has 2 aromatic heterocycles. The first-order valence-corrected chi connectivity index (χ1v) is 8.22. The van der Waals surface area contributed by atoms with Crippen molar-refractivity contribution in [3.8, 4) is 11.3 Å². The number of nitrogens with one attached hydrogen (secondary N) is 2. The topological polar surface area (TPSA) is 78.0 Å². The van der Waals surface area contributed by atoms with Crippen LogP contribution in [0.4, 0.5) is 4.39 Å². The number of aliphatic hydroxyl groups excluding tert-OH is 1. The number of benzene rings is 1. The van der Waals surface area contributed by atoms with Crippen molar-refractivity contribution >= 4 is 17.2 Å². The van der Waals surface area contributed by atoms with Crippen LogP contribution in [0.2, 0.25) is 0 Å². The van der Waals surface area contributed by atoms with Crippen LogP contribution in [-0.4, -0.2) is 21.0 Å². The SMILES string of the molecule is Cc1nc(-c2c[nH]c(C(=O)NCc3ccc(F)c(CO)c3)c2)cs1. The molecule has 0 fully saturated rings. The molecule has 0 bridgehead atoms. The molecule has 0 saturated carbocycles. The molecule has 124 valence electrons. The van der Waals surface area contributed by atoms with E-state index in [1.165, 1.54) is 12.1 Å². The highest BCUT2D eigenvalue weighted by molar-refractivity contribution is 7.09. The molecule has 1 amide bonds. The van der Waals surface area contributed by atoms with E-state index >= 15 is 0 Å². The number of aliphatic hydroxyl groups is 1. The van der Waals surface area contributed by atoms with Gasteiger partial charge >= 0.3 is 0 Å². The van der Waals surface area contributed by atoms with Gasteiger partial charge < -0.3 is 15.4 Å². The second-order valence-corrected chi connectivity index (χ2v) is 6.38. The lowest BCUT2D eigenvalue weighted by Crippen LogP contribution is -2.23. The third-order valence-electron chi connectivity index (χ3n) is 3.58. The molecular weight excluding hydrogens is 329 g/mol. The van der Waals surface area contributed by atoms with Gasteiger partial charge in [-0.15, -0.1) is 11.3 Å². The molecule has 3 aromatic rings. The first-order valence-electron chi connectivity index (χ1n) is 7.34. The molecule has 24 heavy (non-hydrogen) atoms. The third-order valence-corrected chi connectivity index (χ3v) is 4.35. The van der Waals surface area contributed by atoms with Crippen molar-refractivity contribution < 1.29 is 14.3 Å². The van der Waals surface area contributed by atoms with Crippen molar-refractivity contribution in [2.24, 2.45) is 0 Å². The quantitative estimate of drug-likeness (QED) is 0.665. The molecule has 0 aliphatic rings. The van der Waals surface area contributed by atoms with E-state index in [0.29, 0.717) is 5.69 Å². The van der Waals surface area contributed by atoms with Gasteiger partial charge in [0, 0.05) is 29.2 Å². The Morgan fingerprint density at radius 3 is 2.96 bits per heavy atom. The van der Waals surface area contributed by atoms with E-state index in [4.69, 9.17) is 5.11 Å². The van der Waals surface area contributed by atoms with Gasteiger partial charge in [0.25, 0.3) is 5.91 Å². The molecule has 0 saturated heterocycles. The van der Waals surface area contributed by atoms with Crippen LogP contribution in [0.3, 0.4) is 0 Å². The highest BCUT2D eigenvalue weighted by atomic mass is 32.1. The van der Waals surface area contributed by atoms with Crippen molar-refractivity contribution in [3.05, 3.63) is 63.5 Å². The zero-order chi connectivity index (χ0) is 17.1. The number of carbonyl (C=O) groups is 1. The average molecular weight is 345 g/mol. The minimum absolute atomic E-state index is 0.211. The van der Waals surface area contributed by atoms with Crippen LogP contribution in [0.5, 0.6) is 0 Å². The number of nitrogens with zero attached hydrogens (tertiary/aromatic N) is 1. The number of aryl methyl sites for hydroxylation is 1. The molecule has 3 rings (SSSR count). The number of amides is 1. The van der Waals surface area contributed by atoms with Gasteiger partial charge in [0.1, 0.15) is 11.5 Å². The van der Waals surface area contributed by atoms with Gasteiger partial charge in [-0.25, -0.2) is 9.37 Å². The van der Waals surface area contributed by atoms with Gasteiger partial charge in [-0.2, -0.15) is 0 Å². The summed E-state index contributed by atoms with van der Waals surface area (Å²) in [6.45, 7) is 1.80. The Morgan fingerprint density at radius 1 is 1.42 bits per heavy atom. The average Bonchev–Trinajstić information content (AvgIpc) is 3.22. The minimum Gasteiger partial charge on any atom is -0.392 e. The Hall–Kier alpha value is -2.51. The maximum atomic E-state index is 13.3. The van der Waals surface area contributed by atoms with Crippen molar-refractivity contribution in [3.63, 3.8) is 0 Å². The first-order chi connectivity index (χ1) is 11.6. The fourth-order valence-corrected chi connectivity index (χ4v) is 2.93. The lowest BCUT2D eigenvalue weighted by atomic mass is 10.1. The van der Waals surface area contributed by atoms with Gasteiger partial charge in [-0.3, -0.25) is 4.79 Å². The molecule has 0 aliphatic heterocycles. The van der Waals surface area contributed by atoms with E-state index in [1.807, 2.05) is 12.3 Å². The van der Waals surface area contributed by atoms with E-state index in [2.05, 4.69) is 15.3 Å². The lowest BCUT2D eigenvalue weighted by molar-refractivity contribution is 0.0946. The van der Waals surface area contributed by atoms with Gasteiger partial charge in [0.15, 0.2) is 0 Å². The van der Waals surface area contributed by atoms with E-state index in [1.54, 1.807) is 29.7 Å². The lowest BCUT2D eigenvalue weighted by Gasteiger charge is -2.06. The molecule has 3 N–H and O–H groups in total. The molecule has 7 heteroatoms. The van der Waals surface area contributed by atoms with E-state index in [9.17, 15) is 9.18 Å². The third kappa shape index (κ3) is 3.52. The van der Waals surface area contributed by atoms with Crippen molar-refractivity contribution in [1.29, 1.82) is 0 Å². The number of H-pyrrole nitrogens is 1. The van der Waals surface area contributed by atoms with Crippen LogP contribution in [0.25, 0.3) is 11.3 Å². The number of hydrogen-bond donors (Lipinski definition) is 3. The number of aromatic amines is 1. The number of hydrogen-bond acceptors (Lipinski definition) is 4. The van der Waals surface area contributed by atoms with Crippen LogP contribution in [-0.2, 0) is 13.2 Å². The maximum absolute atomic E-state index is 13.3. The van der Waals surface area contributed by atoms with Crippen molar-refractivity contribution in [2.45, 2.75) is 20.1 Å².